The molecule has 6 rings (SSSR count). The normalized spacial score (nSPS) is 15.6. The number of imidazole rings is 1. The van der Waals surface area contributed by atoms with Crippen LogP contribution in [0.5, 0.6) is 11.5 Å². The molecule has 2 N–H and O–H groups in total. The van der Waals surface area contributed by atoms with Gasteiger partial charge < -0.3 is 28.9 Å². The molecule has 5 aromatic rings. The van der Waals surface area contributed by atoms with Gasteiger partial charge in [0.1, 0.15) is 23.1 Å². The first kappa shape index (κ1) is 31.3. The maximum Gasteiger partial charge on any atom is 0.306 e. The summed E-state index contributed by atoms with van der Waals surface area (Å²) in [7, 11) is 0. The largest absolute Gasteiger partial charge is 0.466 e. The second kappa shape index (κ2) is 12.3. The van der Waals surface area contributed by atoms with Gasteiger partial charge in [-0.3, -0.25) is 4.79 Å². The zero-order valence-corrected chi connectivity index (χ0v) is 25.3. The molecule has 0 saturated carbocycles. The summed E-state index contributed by atoms with van der Waals surface area (Å²) in [6, 6.07) is 12.1. The number of halogens is 4. The molecule has 0 spiro atoms. The number of aryl methyl sites for hydroxylation is 1. The summed E-state index contributed by atoms with van der Waals surface area (Å²) in [5.74, 6) is -7.46. The molecule has 0 amide bonds. The highest BCUT2D eigenvalue weighted by molar-refractivity contribution is 5.82. The Hall–Kier alpha value is -4.68. The Balaban J connectivity index is 1.34. The van der Waals surface area contributed by atoms with Crippen molar-refractivity contribution in [1.82, 2.24) is 15.0 Å². The number of ether oxygens (including phenoxy) is 4. The fraction of sp³-hybridized carbons (Fsp3) is 0.294. The van der Waals surface area contributed by atoms with Gasteiger partial charge in [0, 0.05) is 29.0 Å². The number of carbonyl (C=O) groups excluding carboxylic acids is 1. The summed E-state index contributed by atoms with van der Waals surface area (Å²) in [6.45, 7) is 6.69. The lowest BCUT2D eigenvalue weighted by atomic mass is 9.91. The van der Waals surface area contributed by atoms with Crippen molar-refractivity contribution in [2.24, 2.45) is 5.41 Å². The zero-order chi connectivity index (χ0) is 32.6. The van der Waals surface area contributed by atoms with Crippen molar-refractivity contribution in [1.29, 1.82) is 0 Å². The van der Waals surface area contributed by atoms with Gasteiger partial charge in [0.2, 0.25) is 17.4 Å². The molecule has 1 saturated heterocycles. The van der Waals surface area contributed by atoms with E-state index in [1.165, 1.54) is 30.6 Å². The van der Waals surface area contributed by atoms with Crippen LogP contribution in [-0.2, 0) is 31.2 Å². The van der Waals surface area contributed by atoms with Gasteiger partial charge in [0.15, 0.2) is 11.6 Å². The van der Waals surface area contributed by atoms with E-state index in [4.69, 9.17) is 18.9 Å². The van der Waals surface area contributed by atoms with E-state index in [0.717, 1.165) is 11.6 Å². The molecule has 0 atom stereocenters. The van der Waals surface area contributed by atoms with Crippen LogP contribution in [0.3, 0.4) is 0 Å². The summed E-state index contributed by atoms with van der Waals surface area (Å²) in [5.41, 5.74) is 1.14. The van der Waals surface area contributed by atoms with Crippen LogP contribution in [0.25, 0.3) is 22.3 Å². The van der Waals surface area contributed by atoms with Crippen LogP contribution in [0.15, 0.2) is 60.9 Å². The summed E-state index contributed by atoms with van der Waals surface area (Å²) < 4.78 is 82.8. The van der Waals surface area contributed by atoms with E-state index in [0.29, 0.717) is 37.5 Å². The first-order valence-electron chi connectivity index (χ1n) is 14.7. The van der Waals surface area contributed by atoms with Gasteiger partial charge in [-0.1, -0.05) is 32.0 Å². The molecule has 0 unspecified atom stereocenters. The van der Waals surface area contributed by atoms with Crippen molar-refractivity contribution in [2.45, 2.75) is 39.4 Å². The number of nitrogens with zero attached hydrogens (tertiary/aromatic N) is 1. The van der Waals surface area contributed by atoms with E-state index in [1.807, 2.05) is 38.1 Å². The molecule has 2 aromatic heterocycles. The Morgan fingerprint density at radius 3 is 2.54 bits per heavy atom. The maximum atomic E-state index is 15.2. The topological polar surface area (TPSA) is 98.5 Å². The van der Waals surface area contributed by atoms with Crippen molar-refractivity contribution in [2.75, 3.05) is 19.8 Å². The first-order valence-corrected chi connectivity index (χ1v) is 14.7. The van der Waals surface area contributed by atoms with Gasteiger partial charge in [-0.05, 0) is 49.2 Å². The number of rotatable bonds is 9. The Morgan fingerprint density at radius 2 is 1.78 bits per heavy atom. The van der Waals surface area contributed by atoms with Gasteiger partial charge in [0.05, 0.1) is 37.1 Å². The molecular weight excluding hydrogens is 606 g/mol. The van der Waals surface area contributed by atoms with Gasteiger partial charge in [-0.2, -0.15) is 4.39 Å². The minimum absolute atomic E-state index is 0.0565. The second-order valence-electron chi connectivity index (χ2n) is 11.8. The SMILES string of the molecule is CCOC(=O)CCc1cccc(C2(c3cnc(-c4cc(Oc5c(F)c(F)c6[nH]ccc6c5F)ccc4F)[nH]3)OCC(C)(C)CO2)c1. The summed E-state index contributed by atoms with van der Waals surface area (Å²) in [4.78, 5) is 21.9. The fourth-order valence-corrected chi connectivity index (χ4v) is 5.31. The van der Waals surface area contributed by atoms with E-state index < -0.39 is 34.8 Å². The molecule has 46 heavy (non-hydrogen) atoms. The number of aromatic nitrogens is 3. The predicted octanol–water partition coefficient (Wildman–Crippen LogP) is 7.68. The minimum Gasteiger partial charge on any atom is -0.466 e. The lowest BCUT2D eigenvalue weighted by Crippen LogP contribution is -2.46. The highest BCUT2D eigenvalue weighted by Crippen LogP contribution is 2.42. The number of hydrogen-bond acceptors (Lipinski definition) is 6. The van der Waals surface area contributed by atoms with E-state index in [1.54, 1.807) is 6.92 Å². The fourth-order valence-electron chi connectivity index (χ4n) is 5.31. The molecule has 8 nitrogen and oxygen atoms in total. The molecule has 0 radical (unpaired) electrons. The van der Waals surface area contributed by atoms with E-state index in [9.17, 15) is 13.6 Å². The summed E-state index contributed by atoms with van der Waals surface area (Å²) in [6.07, 6.45) is 3.37. The quantitative estimate of drug-likeness (QED) is 0.0978. The van der Waals surface area contributed by atoms with Gasteiger partial charge in [0.25, 0.3) is 0 Å². The summed E-state index contributed by atoms with van der Waals surface area (Å²) >= 11 is 0. The summed E-state index contributed by atoms with van der Waals surface area (Å²) in [5, 5.41) is -0.196. The highest BCUT2D eigenvalue weighted by Gasteiger charge is 2.45. The minimum atomic E-state index is -1.53. The molecule has 1 aliphatic rings. The van der Waals surface area contributed by atoms with Crippen molar-refractivity contribution in [3.63, 3.8) is 0 Å². The standard InChI is InChI=1S/C34H31F4N3O5/c1-4-43-26(42)11-8-19-6-5-7-20(14-19)34(44-17-33(2,3)18-45-34)25-16-40-32(41-25)23-15-21(9-10-24(23)35)46-31-27(36)22-12-13-39-30(22)28(37)29(31)38/h5-7,9-10,12-16,39H,4,8,11,17-18H2,1-3H3,(H,40,41). The first-order chi connectivity index (χ1) is 22.0. The third-order valence-corrected chi connectivity index (χ3v) is 7.70. The number of hydrogen-bond donors (Lipinski definition) is 2. The van der Waals surface area contributed by atoms with Crippen LogP contribution in [0.1, 0.15) is 44.0 Å². The smallest absolute Gasteiger partial charge is 0.306 e. The van der Waals surface area contributed by atoms with Gasteiger partial charge in [-0.25, -0.2) is 18.2 Å². The predicted molar refractivity (Wildman–Crippen MR) is 160 cm³/mol. The van der Waals surface area contributed by atoms with Crippen molar-refractivity contribution >= 4 is 16.9 Å². The Bertz CT molecular complexity index is 1910. The number of nitrogens with one attached hydrogen (secondary N) is 2. The van der Waals surface area contributed by atoms with Crippen LogP contribution in [0.2, 0.25) is 0 Å². The highest BCUT2D eigenvalue weighted by atomic mass is 19.2. The van der Waals surface area contributed by atoms with Crippen molar-refractivity contribution in [3.05, 3.63) is 101 Å². The molecule has 0 aliphatic carbocycles. The van der Waals surface area contributed by atoms with Crippen LogP contribution in [0, 0.1) is 28.7 Å². The number of H-pyrrole nitrogens is 2. The maximum absolute atomic E-state index is 15.2. The molecule has 240 valence electrons. The molecule has 0 bridgehead atoms. The lowest BCUT2D eigenvalue weighted by Gasteiger charge is -2.43. The monoisotopic (exact) mass is 637 g/mol. The molecule has 3 aromatic carbocycles. The van der Waals surface area contributed by atoms with Crippen molar-refractivity contribution < 1.29 is 41.3 Å². The van der Waals surface area contributed by atoms with Gasteiger partial charge in [-0.15, -0.1) is 0 Å². The molecular formula is C34H31F4N3O5. The third-order valence-electron chi connectivity index (χ3n) is 7.70. The van der Waals surface area contributed by atoms with Crippen LogP contribution in [0.4, 0.5) is 17.6 Å². The average Bonchev–Trinajstić information content (AvgIpc) is 3.74. The lowest BCUT2D eigenvalue weighted by molar-refractivity contribution is -0.286. The molecule has 1 fully saturated rings. The van der Waals surface area contributed by atoms with E-state index >= 15 is 8.78 Å². The molecule has 3 heterocycles. The van der Waals surface area contributed by atoms with E-state index in [-0.39, 0.29) is 45.8 Å². The Kier molecular flexibility index (Phi) is 8.34. The van der Waals surface area contributed by atoms with Crippen LogP contribution in [-0.4, -0.2) is 40.7 Å². The number of fused-ring (bicyclic) bond motifs is 1. The zero-order valence-electron chi connectivity index (χ0n) is 25.3. The van der Waals surface area contributed by atoms with Crippen LogP contribution < -0.4 is 4.74 Å². The Labute approximate surface area is 261 Å². The van der Waals surface area contributed by atoms with E-state index in [2.05, 4.69) is 15.0 Å². The third kappa shape index (κ3) is 5.85. The molecule has 12 heteroatoms. The number of carbonyl (C=O) groups is 1. The number of benzene rings is 3. The average molecular weight is 638 g/mol. The number of aromatic amines is 2. The number of esters is 1. The van der Waals surface area contributed by atoms with Crippen LogP contribution >= 0.6 is 0 Å². The van der Waals surface area contributed by atoms with Gasteiger partial charge >= 0.3 is 5.97 Å². The Morgan fingerprint density at radius 1 is 1.00 bits per heavy atom. The molecule has 1 aliphatic heterocycles. The van der Waals surface area contributed by atoms with Crippen molar-refractivity contribution in [3.8, 4) is 22.9 Å². The second-order valence-corrected chi connectivity index (χ2v) is 11.8.